The molecule has 3 heteroatoms. The summed E-state index contributed by atoms with van der Waals surface area (Å²) >= 11 is 0. The number of aryl methyl sites for hydroxylation is 1. The van der Waals surface area contributed by atoms with Crippen molar-refractivity contribution >= 4 is 0 Å². The standard InChI is InChI=1S/C16H23N3/c1-3-10-17-14(2)9-12-19-13-11-18-16(19)15-7-5-4-6-8-15/h4-8,11,13-14,17H,3,9-10,12H2,1-2H3. The molecular weight excluding hydrogens is 234 g/mol. The van der Waals surface area contributed by atoms with E-state index in [0.29, 0.717) is 6.04 Å². The molecule has 1 atom stereocenters. The Kier molecular flexibility index (Phi) is 5.16. The number of benzene rings is 1. The third-order valence-corrected chi connectivity index (χ3v) is 3.29. The van der Waals surface area contributed by atoms with E-state index in [0.717, 1.165) is 25.3 Å². The SMILES string of the molecule is CCCNC(C)CCn1ccnc1-c1ccccc1. The maximum atomic E-state index is 4.47. The highest BCUT2D eigenvalue weighted by molar-refractivity contribution is 5.55. The zero-order valence-electron chi connectivity index (χ0n) is 11.8. The Balaban J connectivity index is 1.97. The Morgan fingerprint density at radius 3 is 2.79 bits per heavy atom. The van der Waals surface area contributed by atoms with E-state index in [2.05, 4.69) is 59.2 Å². The highest BCUT2D eigenvalue weighted by Crippen LogP contribution is 2.17. The van der Waals surface area contributed by atoms with Crippen molar-refractivity contribution in [2.75, 3.05) is 6.54 Å². The summed E-state index contributed by atoms with van der Waals surface area (Å²) in [7, 11) is 0. The molecule has 1 N–H and O–H groups in total. The second-order valence-corrected chi connectivity index (χ2v) is 4.95. The first-order valence-corrected chi connectivity index (χ1v) is 7.11. The molecule has 2 aromatic rings. The second kappa shape index (κ2) is 7.10. The molecule has 0 aliphatic carbocycles. The summed E-state index contributed by atoms with van der Waals surface area (Å²) in [6, 6.07) is 10.9. The van der Waals surface area contributed by atoms with Crippen molar-refractivity contribution < 1.29 is 0 Å². The molecule has 0 aliphatic rings. The van der Waals surface area contributed by atoms with Crippen LogP contribution in [0.4, 0.5) is 0 Å². The van der Waals surface area contributed by atoms with Gasteiger partial charge in [0.05, 0.1) is 0 Å². The summed E-state index contributed by atoms with van der Waals surface area (Å²) in [5.74, 6) is 1.06. The summed E-state index contributed by atoms with van der Waals surface area (Å²) in [5.41, 5.74) is 1.18. The van der Waals surface area contributed by atoms with Gasteiger partial charge >= 0.3 is 0 Å². The van der Waals surface area contributed by atoms with E-state index in [1.807, 2.05) is 12.3 Å². The summed E-state index contributed by atoms with van der Waals surface area (Å²) in [6.45, 7) is 6.54. The molecule has 0 bridgehead atoms. The van der Waals surface area contributed by atoms with Gasteiger partial charge in [-0.05, 0) is 26.3 Å². The van der Waals surface area contributed by atoms with Crippen molar-refractivity contribution in [2.45, 2.75) is 39.3 Å². The van der Waals surface area contributed by atoms with Gasteiger partial charge in [0, 0.05) is 30.5 Å². The van der Waals surface area contributed by atoms with E-state index >= 15 is 0 Å². The van der Waals surface area contributed by atoms with E-state index in [9.17, 15) is 0 Å². The third kappa shape index (κ3) is 3.93. The molecular formula is C16H23N3. The van der Waals surface area contributed by atoms with Gasteiger partial charge < -0.3 is 9.88 Å². The van der Waals surface area contributed by atoms with Gasteiger partial charge in [0.15, 0.2) is 0 Å². The number of nitrogens with zero attached hydrogens (tertiary/aromatic N) is 2. The van der Waals surface area contributed by atoms with E-state index < -0.39 is 0 Å². The number of hydrogen-bond donors (Lipinski definition) is 1. The van der Waals surface area contributed by atoms with Gasteiger partial charge in [-0.25, -0.2) is 4.98 Å². The maximum absolute atomic E-state index is 4.47. The molecule has 0 radical (unpaired) electrons. The van der Waals surface area contributed by atoms with Crippen molar-refractivity contribution in [3.05, 3.63) is 42.7 Å². The molecule has 19 heavy (non-hydrogen) atoms. The molecule has 3 nitrogen and oxygen atoms in total. The zero-order chi connectivity index (χ0) is 13.5. The summed E-state index contributed by atoms with van der Waals surface area (Å²) in [4.78, 5) is 4.47. The van der Waals surface area contributed by atoms with Crippen molar-refractivity contribution in [2.24, 2.45) is 0 Å². The predicted molar refractivity (Wildman–Crippen MR) is 80.0 cm³/mol. The van der Waals surface area contributed by atoms with Crippen molar-refractivity contribution in [3.8, 4) is 11.4 Å². The smallest absolute Gasteiger partial charge is 0.139 e. The van der Waals surface area contributed by atoms with Crippen LogP contribution < -0.4 is 5.32 Å². The molecule has 1 heterocycles. The van der Waals surface area contributed by atoms with Crippen LogP contribution in [0.2, 0.25) is 0 Å². The van der Waals surface area contributed by atoms with Gasteiger partial charge in [-0.2, -0.15) is 0 Å². The quantitative estimate of drug-likeness (QED) is 0.824. The average Bonchev–Trinajstić information content (AvgIpc) is 2.92. The van der Waals surface area contributed by atoms with E-state index in [1.54, 1.807) is 0 Å². The number of rotatable bonds is 7. The molecule has 0 spiro atoms. The van der Waals surface area contributed by atoms with Crippen molar-refractivity contribution in [3.63, 3.8) is 0 Å². The van der Waals surface area contributed by atoms with E-state index in [4.69, 9.17) is 0 Å². The van der Waals surface area contributed by atoms with Crippen LogP contribution in [0.5, 0.6) is 0 Å². The summed E-state index contributed by atoms with van der Waals surface area (Å²) < 4.78 is 2.24. The van der Waals surface area contributed by atoms with Crippen LogP contribution in [0, 0.1) is 0 Å². The van der Waals surface area contributed by atoms with Gasteiger partial charge in [-0.3, -0.25) is 0 Å². The topological polar surface area (TPSA) is 29.9 Å². The van der Waals surface area contributed by atoms with Crippen LogP contribution in [0.1, 0.15) is 26.7 Å². The van der Waals surface area contributed by atoms with Gasteiger partial charge in [0.2, 0.25) is 0 Å². The lowest BCUT2D eigenvalue weighted by Crippen LogP contribution is -2.27. The van der Waals surface area contributed by atoms with Gasteiger partial charge in [0.25, 0.3) is 0 Å². The molecule has 1 aromatic carbocycles. The van der Waals surface area contributed by atoms with Crippen LogP contribution in [0.15, 0.2) is 42.7 Å². The second-order valence-electron chi connectivity index (χ2n) is 4.95. The molecule has 0 aliphatic heterocycles. The molecule has 1 aromatic heterocycles. The molecule has 0 saturated carbocycles. The Morgan fingerprint density at radius 1 is 1.26 bits per heavy atom. The highest BCUT2D eigenvalue weighted by atomic mass is 15.1. The number of imidazole rings is 1. The Morgan fingerprint density at radius 2 is 2.05 bits per heavy atom. The van der Waals surface area contributed by atoms with Crippen LogP contribution in [-0.4, -0.2) is 22.1 Å². The predicted octanol–water partition coefficient (Wildman–Crippen LogP) is 3.33. The molecule has 0 fully saturated rings. The molecule has 2 rings (SSSR count). The number of hydrogen-bond acceptors (Lipinski definition) is 2. The van der Waals surface area contributed by atoms with Crippen LogP contribution in [0.3, 0.4) is 0 Å². The number of nitrogens with one attached hydrogen (secondary N) is 1. The maximum Gasteiger partial charge on any atom is 0.139 e. The Hall–Kier alpha value is -1.61. The van der Waals surface area contributed by atoms with Crippen LogP contribution in [-0.2, 0) is 6.54 Å². The molecule has 102 valence electrons. The molecule has 0 amide bonds. The summed E-state index contributed by atoms with van der Waals surface area (Å²) in [6.07, 6.45) is 6.25. The van der Waals surface area contributed by atoms with Crippen molar-refractivity contribution in [1.82, 2.24) is 14.9 Å². The minimum Gasteiger partial charge on any atom is -0.331 e. The minimum absolute atomic E-state index is 0.547. The van der Waals surface area contributed by atoms with Gasteiger partial charge in [0.1, 0.15) is 5.82 Å². The van der Waals surface area contributed by atoms with E-state index in [-0.39, 0.29) is 0 Å². The largest absolute Gasteiger partial charge is 0.331 e. The molecule has 0 saturated heterocycles. The lowest BCUT2D eigenvalue weighted by Gasteiger charge is -2.14. The summed E-state index contributed by atoms with van der Waals surface area (Å²) in [5, 5.41) is 3.52. The highest BCUT2D eigenvalue weighted by Gasteiger charge is 2.06. The first-order chi connectivity index (χ1) is 9.31. The Labute approximate surface area is 115 Å². The minimum atomic E-state index is 0.547. The lowest BCUT2D eigenvalue weighted by atomic mass is 10.2. The van der Waals surface area contributed by atoms with Crippen molar-refractivity contribution in [1.29, 1.82) is 0 Å². The van der Waals surface area contributed by atoms with Crippen LogP contribution >= 0.6 is 0 Å². The van der Waals surface area contributed by atoms with Crippen LogP contribution in [0.25, 0.3) is 11.4 Å². The fourth-order valence-electron chi connectivity index (χ4n) is 2.16. The monoisotopic (exact) mass is 257 g/mol. The zero-order valence-corrected chi connectivity index (χ0v) is 11.8. The fraction of sp³-hybridized carbons (Fsp3) is 0.438. The van der Waals surface area contributed by atoms with Gasteiger partial charge in [-0.15, -0.1) is 0 Å². The van der Waals surface area contributed by atoms with Gasteiger partial charge in [-0.1, -0.05) is 37.3 Å². The lowest BCUT2D eigenvalue weighted by molar-refractivity contribution is 0.478. The molecule has 1 unspecified atom stereocenters. The van der Waals surface area contributed by atoms with E-state index in [1.165, 1.54) is 12.0 Å². The third-order valence-electron chi connectivity index (χ3n) is 3.29. The normalized spacial score (nSPS) is 12.5. The fourth-order valence-corrected chi connectivity index (χ4v) is 2.16. The first kappa shape index (κ1) is 13.8. The average molecular weight is 257 g/mol. The number of aromatic nitrogens is 2. The Bertz CT molecular complexity index is 476. The first-order valence-electron chi connectivity index (χ1n) is 7.11.